The second-order valence-corrected chi connectivity index (χ2v) is 8.55. The molecule has 1 N–H and O–H groups in total. The van der Waals surface area contributed by atoms with E-state index in [-0.39, 0.29) is 17.3 Å². The van der Waals surface area contributed by atoms with Gasteiger partial charge in [-0.1, -0.05) is 26.0 Å². The minimum Gasteiger partial charge on any atom is -0.497 e. The number of methoxy groups -OCH3 is 1. The van der Waals surface area contributed by atoms with Crippen LogP contribution in [-0.4, -0.2) is 47.3 Å². The Labute approximate surface area is 196 Å². The normalized spacial score (nSPS) is 16.6. The summed E-state index contributed by atoms with van der Waals surface area (Å²) in [5.74, 6) is 1.91. The van der Waals surface area contributed by atoms with Gasteiger partial charge >= 0.3 is 0 Å². The van der Waals surface area contributed by atoms with Gasteiger partial charge in [-0.3, -0.25) is 10.2 Å². The molecular weight excluding hydrogens is 440 g/mol. The van der Waals surface area contributed by atoms with E-state index in [1.807, 2.05) is 62.4 Å². The molecule has 170 valence electrons. The van der Waals surface area contributed by atoms with Crippen molar-refractivity contribution in [2.24, 2.45) is 16.0 Å². The molecule has 0 atom stereocenters. The van der Waals surface area contributed by atoms with Crippen LogP contribution in [0.3, 0.4) is 0 Å². The number of rotatable bonds is 8. The Bertz CT molecular complexity index is 1160. The van der Waals surface area contributed by atoms with E-state index in [4.69, 9.17) is 19.6 Å². The van der Waals surface area contributed by atoms with Crippen LogP contribution in [0.4, 0.5) is 0 Å². The quantitative estimate of drug-likeness (QED) is 0.459. The van der Waals surface area contributed by atoms with Gasteiger partial charge in [0, 0.05) is 5.92 Å². The second kappa shape index (κ2) is 9.91. The second-order valence-electron chi connectivity index (χ2n) is 7.56. The van der Waals surface area contributed by atoms with Crippen LogP contribution in [-0.2, 0) is 4.79 Å². The summed E-state index contributed by atoms with van der Waals surface area (Å²) < 4.78 is 16.6. The van der Waals surface area contributed by atoms with Crippen LogP contribution in [0.5, 0.6) is 17.2 Å². The largest absolute Gasteiger partial charge is 0.497 e. The van der Waals surface area contributed by atoms with Crippen LogP contribution in [0, 0.1) is 11.3 Å². The Morgan fingerprint density at radius 3 is 2.45 bits per heavy atom. The molecule has 0 aromatic heterocycles. The molecule has 1 amide bonds. The highest BCUT2D eigenvalue weighted by Crippen LogP contribution is 2.31. The van der Waals surface area contributed by atoms with Crippen LogP contribution < -0.4 is 14.2 Å². The van der Waals surface area contributed by atoms with Gasteiger partial charge in [0.15, 0.2) is 5.84 Å². The number of ether oxygens (including phenoxy) is 3. The summed E-state index contributed by atoms with van der Waals surface area (Å²) in [4.78, 5) is 16.7. The number of amidine groups is 2. The molecule has 0 saturated heterocycles. The number of amides is 1. The number of benzene rings is 2. The first kappa shape index (κ1) is 22.6. The Kier molecular flexibility index (Phi) is 6.79. The van der Waals surface area contributed by atoms with Gasteiger partial charge in [-0.25, -0.2) is 0 Å². The first-order chi connectivity index (χ1) is 15.9. The average molecular weight is 465 g/mol. The molecule has 0 radical (unpaired) electrons. The van der Waals surface area contributed by atoms with Gasteiger partial charge in [-0.2, -0.15) is 15.1 Å². The minimum atomic E-state index is -0.446. The maximum absolute atomic E-state index is 12.6. The molecule has 0 spiro atoms. The van der Waals surface area contributed by atoms with E-state index in [0.717, 1.165) is 22.1 Å². The van der Waals surface area contributed by atoms with Gasteiger partial charge in [0.05, 0.1) is 12.7 Å². The number of nitrogens with zero attached hydrogens (tertiary/aromatic N) is 3. The Morgan fingerprint density at radius 2 is 1.76 bits per heavy atom. The zero-order valence-corrected chi connectivity index (χ0v) is 19.4. The fraction of sp³-hybridized carbons (Fsp3) is 0.250. The SMILES string of the molecule is COc1ccc(OCCOc2cccc(/C=C3/C(=N)N4N=C(C(C)C)SC4=NC3=O)c2)cc1. The van der Waals surface area contributed by atoms with Crippen molar-refractivity contribution in [3.05, 3.63) is 59.7 Å². The highest BCUT2D eigenvalue weighted by Gasteiger charge is 2.36. The minimum absolute atomic E-state index is 0.0207. The molecule has 0 bridgehead atoms. The van der Waals surface area contributed by atoms with Crippen molar-refractivity contribution >= 4 is 39.8 Å². The van der Waals surface area contributed by atoms with Crippen LogP contribution in [0.2, 0.25) is 0 Å². The van der Waals surface area contributed by atoms with E-state index in [1.54, 1.807) is 13.2 Å². The smallest absolute Gasteiger partial charge is 0.283 e. The van der Waals surface area contributed by atoms with E-state index >= 15 is 0 Å². The van der Waals surface area contributed by atoms with Gasteiger partial charge in [0.1, 0.15) is 35.5 Å². The summed E-state index contributed by atoms with van der Waals surface area (Å²) in [6, 6.07) is 14.6. The molecule has 4 rings (SSSR count). The number of hydrogen-bond acceptors (Lipinski definition) is 7. The van der Waals surface area contributed by atoms with Crippen molar-refractivity contribution in [3.8, 4) is 17.2 Å². The summed E-state index contributed by atoms with van der Waals surface area (Å²) in [6.45, 7) is 4.76. The zero-order valence-electron chi connectivity index (χ0n) is 18.6. The first-order valence-electron chi connectivity index (χ1n) is 10.4. The molecule has 2 aromatic carbocycles. The van der Waals surface area contributed by atoms with E-state index in [2.05, 4.69) is 10.1 Å². The van der Waals surface area contributed by atoms with Gasteiger partial charge in [-0.15, -0.1) is 0 Å². The number of nitrogens with one attached hydrogen (secondary N) is 1. The fourth-order valence-corrected chi connectivity index (χ4v) is 3.98. The lowest BCUT2D eigenvalue weighted by Gasteiger charge is -2.20. The molecular formula is C24H24N4O4S. The highest BCUT2D eigenvalue weighted by atomic mass is 32.2. The summed E-state index contributed by atoms with van der Waals surface area (Å²) in [5.41, 5.74) is 0.920. The van der Waals surface area contributed by atoms with Crippen LogP contribution in [0.1, 0.15) is 19.4 Å². The van der Waals surface area contributed by atoms with Gasteiger partial charge in [0.25, 0.3) is 5.91 Å². The molecule has 33 heavy (non-hydrogen) atoms. The average Bonchev–Trinajstić information content (AvgIpc) is 3.25. The lowest BCUT2D eigenvalue weighted by atomic mass is 10.1. The third-order valence-corrected chi connectivity index (χ3v) is 6.02. The molecule has 0 fully saturated rings. The number of hydrogen-bond donors (Lipinski definition) is 1. The van der Waals surface area contributed by atoms with Crippen molar-refractivity contribution in [1.29, 1.82) is 5.41 Å². The Morgan fingerprint density at radius 1 is 1.06 bits per heavy atom. The standard InChI is InChI=1S/C24H24N4O4S/c1-15(2)23-27-28-21(25)20(22(29)26-24(28)33-23)14-16-5-4-6-19(13-16)32-12-11-31-18-9-7-17(30-3)8-10-18/h4-10,13-15,25H,11-12H2,1-3H3/b20-14-,25-21?. The maximum atomic E-state index is 12.6. The lowest BCUT2D eigenvalue weighted by molar-refractivity contribution is -0.114. The number of thioether (sulfide) groups is 1. The molecule has 9 heteroatoms. The molecule has 2 aliphatic rings. The van der Waals surface area contributed by atoms with E-state index < -0.39 is 5.91 Å². The van der Waals surface area contributed by atoms with E-state index in [9.17, 15) is 4.79 Å². The number of carbonyl (C=O) groups excluding carboxylic acids is 1. The predicted octanol–water partition coefficient (Wildman–Crippen LogP) is 4.43. The summed E-state index contributed by atoms with van der Waals surface area (Å²) in [5, 5.41) is 15.6. The van der Waals surface area contributed by atoms with E-state index in [1.165, 1.54) is 16.8 Å². The van der Waals surface area contributed by atoms with Crippen molar-refractivity contribution in [2.75, 3.05) is 20.3 Å². The Balaban J connectivity index is 1.39. The third-order valence-electron chi connectivity index (χ3n) is 4.81. The summed E-state index contributed by atoms with van der Waals surface area (Å²) in [6.07, 6.45) is 1.64. The number of fused-ring (bicyclic) bond motifs is 1. The van der Waals surface area contributed by atoms with Crippen LogP contribution in [0.15, 0.2) is 64.2 Å². The molecule has 2 aliphatic heterocycles. The van der Waals surface area contributed by atoms with Crippen molar-refractivity contribution < 1.29 is 19.0 Å². The topological polar surface area (TPSA) is 96.6 Å². The predicted molar refractivity (Wildman–Crippen MR) is 130 cm³/mol. The van der Waals surface area contributed by atoms with Crippen LogP contribution in [0.25, 0.3) is 6.08 Å². The highest BCUT2D eigenvalue weighted by molar-refractivity contribution is 8.27. The molecule has 8 nitrogen and oxygen atoms in total. The van der Waals surface area contributed by atoms with Crippen molar-refractivity contribution in [1.82, 2.24) is 5.01 Å². The van der Waals surface area contributed by atoms with Gasteiger partial charge in [0.2, 0.25) is 5.17 Å². The fourth-order valence-electron chi connectivity index (χ4n) is 3.09. The van der Waals surface area contributed by atoms with Crippen molar-refractivity contribution in [3.63, 3.8) is 0 Å². The zero-order chi connectivity index (χ0) is 23.4. The van der Waals surface area contributed by atoms with Crippen molar-refractivity contribution in [2.45, 2.75) is 13.8 Å². The third kappa shape index (κ3) is 5.25. The monoisotopic (exact) mass is 464 g/mol. The molecule has 0 unspecified atom stereocenters. The molecule has 2 aromatic rings. The molecule has 0 saturated carbocycles. The molecule has 2 heterocycles. The lowest BCUT2D eigenvalue weighted by Crippen LogP contribution is -2.35. The molecule has 0 aliphatic carbocycles. The maximum Gasteiger partial charge on any atom is 0.283 e. The van der Waals surface area contributed by atoms with Gasteiger partial charge < -0.3 is 14.2 Å². The summed E-state index contributed by atoms with van der Waals surface area (Å²) >= 11 is 1.33. The first-order valence-corrected chi connectivity index (χ1v) is 11.3. The number of aliphatic imine (C=N–C) groups is 1. The van der Waals surface area contributed by atoms with E-state index in [0.29, 0.717) is 24.1 Å². The Hall–Kier alpha value is -3.59. The van der Waals surface area contributed by atoms with Crippen LogP contribution >= 0.6 is 11.8 Å². The van der Waals surface area contributed by atoms with Gasteiger partial charge in [-0.05, 0) is 59.8 Å². The number of hydrazone groups is 1. The number of carbonyl (C=O) groups is 1. The summed E-state index contributed by atoms with van der Waals surface area (Å²) in [7, 11) is 1.62.